The van der Waals surface area contributed by atoms with E-state index in [2.05, 4.69) is 29.4 Å². The summed E-state index contributed by atoms with van der Waals surface area (Å²) in [6.07, 6.45) is 2.87. The molecule has 2 aromatic heterocycles. The van der Waals surface area contributed by atoms with E-state index in [1.807, 2.05) is 47.3 Å². The summed E-state index contributed by atoms with van der Waals surface area (Å²) in [4.78, 5) is 15.8. The van der Waals surface area contributed by atoms with Gasteiger partial charge in [-0.15, -0.1) is 0 Å². The molecule has 0 atom stereocenters. The highest BCUT2D eigenvalue weighted by Crippen LogP contribution is 2.20. The molecule has 4 rings (SSSR count). The summed E-state index contributed by atoms with van der Waals surface area (Å²) in [6, 6.07) is 15.8. The van der Waals surface area contributed by atoms with Gasteiger partial charge in [-0.05, 0) is 30.7 Å². The number of rotatable bonds is 5. The van der Waals surface area contributed by atoms with E-state index in [9.17, 15) is 4.79 Å². The molecule has 0 aliphatic heterocycles. The van der Waals surface area contributed by atoms with Crippen molar-refractivity contribution < 1.29 is 4.79 Å². The van der Waals surface area contributed by atoms with E-state index in [0.29, 0.717) is 12.1 Å². The number of H-pyrrole nitrogens is 1. The minimum Gasteiger partial charge on any atom is -0.361 e. The Morgan fingerprint density at radius 3 is 2.88 bits per heavy atom. The number of benzene rings is 2. The van der Waals surface area contributed by atoms with Crippen molar-refractivity contribution in [3.8, 4) is 0 Å². The van der Waals surface area contributed by atoms with Crippen LogP contribution in [0.25, 0.3) is 21.8 Å². The lowest BCUT2D eigenvalue weighted by atomic mass is 10.1. The quantitative estimate of drug-likeness (QED) is 0.583. The molecule has 0 radical (unpaired) electrons. The van der Waals surface area contributed by atoms with Crippen LogP contribution in [-0.4, -0.2) is 20.7 Å². The predicted octanol–water partition coefficient (Wildman–Crippen LogP) is 3.86. The molecule has 2 N–H and O–H groups in total. The van der Waals surface area contributed by atoms with E-state index < -0.39 is 0 Å². The number of para-hydroxylation sites is 1. The van der Waals surface area contributed by atoms with Gasteiger partial charge < -0.3 is 10.3 Å². The lowest BCUT2D eigenvalue weighted by Gasteiger charge is -2.05. The zero-order valence-corrected chi connectivity index (χ0v) is 14.1. The first-order valence-corrected chi connectivity index (χ1v) is 8.56. The van der Waals surface area contributed by atoms with Crippen molar-refractivity contribution in [1.29, 1.82) is 0 Å². The summed E-state index contributed by atoms with van der Waals surface area (Å²) in [5.74, 6) is -0.0840. The van der Waals surface area contributed by atoms with Crippen LogP contribution in [-0.2, 0) is 13.1 Å². The second kappa shape index (κ2) is 6.43. The van der Waals surface area contributed by atoms with Crippen molar-refractivity contribution in [2.75, 3.05) is 0 Å². The highest BCUT2D eigenvalue weighted by molar-refractivity contribution is 6.06. The number of nitrogens with zero attached hydrogens (tertiary/aromatic N) is 2. The Morgan fingerprint density at radius 1 is 1.12 bits per heavy atom. The number of carbonyl (C=O) groups is 1. The van der Waals surface area contributed by atoms with Gasteiger partial charge in [0.05, 0.1) is 17.8 Å². The Balaban J connectivity index is 1.60. The van der Waals surface area contributed by atoms with Gasteiger partial charge in [-0.2, -0.15) is 5.10 Å². The minimum absolute atomic E-state index is 0.0840. The summed E-state index contributed by atoms with van der Waals surface area (Å²) in [6.45, 7) is 3.42. The van der Waals surface area contributed by atoms with Crippen LogP contribution in [0.5, 0.6) is 0 Å². The average Bonchev–Trinajstić information content (AvgIpc) is 3.25. The van der Waals surface area contributed by atoms with Gasteiger partial charge in [0.1, 0.15) is 0 Å². The number of aryl methyl sites for hydroxylation is 1. The molecule has 0 spiro atoms. The zero-order chi connectivity index (χ0) is 17.2. The molecule has 0 fully saturated rings. The molecule has 0 saturated carbocycles. The average molecular weight is 332 g/mol. The van der Waals surface area contributed by atoms with Gasteiger partial charge in [0, 0.05) is 34.6 Å². The summed E-state index contributed by atoms with van der Waals surface area (Å²) >= 11 is 0. The third kappa shape index (κ3) is 2.78. The predicted molar refractivity (Wildman–Crippen MR) is 99.5 cm³/mol. The number of hydrogen-bond donors (Lipinski definition) is 2. The lowest BCUT2D eigenvalue weighted by Crippen LogP contribution is -2.23. The van der Waals surface area contributed by atoms with Crippen LogP contribution < -0.4 is 5.32 Å². The third-order valence-corrected chi connectivity index (χ3v) is 4.43. The maximum Gasteiger partial charge on any atom is 0.252 e. The molecule has 5 heteroatoms. The van der Waals surface area contributed by atoms with Crippen LogP contribution in [0.15, 0.2) is 54.7 Å². The molecule has 0 aliphatic rings. The van der Waals surface area contributed by atoms with Crippen LogP contribution in [0.1, 0.15) is 29.4 Å². The van der Waals surface area contributed by atoms with E-state index >= 15 is 0 Å². The smallest absolute Gasteiger partial charge is 0.252 e. The number of carbonyl (C=O) groups excluding carboxylic acids is 1. The Bertz CT molecular complexity index is 1040. The van der Waals surface area contributed by atoms with E-state index in [1.54, 1.807) is 0 Å². The maximum absolute atomic E-state index is 12.6. The van der Waals surface area contributed by atoms with E-state index in [-0.39, 0.29) is 5.91 Å². The molecule has 25 heavy (non-hydrogen) atoms. The molecule has 5 nitrogen and oxygen atoms in total. The second-order valence-electron chi connectivity index (χ2n) is 6.11. The number of amides is 1. The van der Waals surface area contributed by atoms with Crippen molar-refractivity contribution in [3.05, 3.63) is 66.0 Å². The van der Waals surface area contributed by atoms with Crippen LogP contribution in [0.4, 0.5) is 0 Å². The largest absolute Gasteiger partial charge is 0.361 e. The van der Waals surface area contributed by atoms with Gasteiger partial charge in [0.15, 0.2) is 0 Å². The molecular formula is C20H20N4O. The normalized spacial score (nSPS) is 11.2. The molecule has 0 unspecified atom stereocenters. The summed E-state index contributed by atoms with van der Waals surface area (Å²) in [5, 5.41) is 9.73. The zero-order valence-electron chi connectivity index (χ0n) is 14.1. The summed E-state index contributed by atoms with van der Waals surface area (Å²) in [7, 11) is 0. The Kier molecular flexibility index (Phi) is 3.98. The second-order valence-corrected chi connectivity index (χ2v) is 6.11. The fraction of sp³-hybridized carbons (Fsp3) is 0.200. The molecule has 126 valence electrons. The maximum atomic E-state index is 12.6. The van der Waals surface area contributed by atoms with Gasteiger partial charge in [-0.1, -0.05) is 31.2 Å². The number of fused-ring (bicyclic) bond motifs is 2. The topological polar surface area (TPSA) is 62.7 Å². The fourth-order valence-corrected chi connectivity index (χ4v) is 3.25. The third-order valence-electron chi connectivity index (χ3n) is 4.43. The number of aromatic amines is 1. The highest BCUT2D eigenvalue weighted by atomic mass is 16.1. The van der Waals surface area contributed by atoms with Gasteiger partial charge in [-0.3, -0.25) is 9.48 Å². The van der Waals surface area contributed by atoms with Crippen molar-refractivity contribution in [2.24, 2.45) is 0 Å². The Hall–Kier alpha value is -3.08. The monoisotopic (exact) mass is 332 g/mol. The van der Waals surface area contributed by atoms with Crippen molar-refractivity contribution >= 4 is 27.7 Å². The van der Waals surface area contributed by atoms with Crippen LogP contribution >= 0.6 is 0 Å². The number of aromatic nitrogens is 3. The van der Waals surface area contributed by atoms with Crippen LogP contribution in [0, 0.1) is 0 Å². The van der Waals surface area contributed by atoms with Crippen molar-refractivity contribution in [2.45, 2.75) is 26.4 Å². The molecule has 0 aliphatic carbocycles. The van der Waals surface area contributed by atoms with Gasteiger partial charge in [0.25, 0.3) is 5.91 Å². The molecule has 4 aromatic rings. The molecule has 1 amide bonds. The lowest BCUT2D eigenvalue weighted by molar-refractivity contribution is 0.0952. The first-order valence-electron chi connectivity index (χ1n) is 8.56. The minimum atomic E-state index is -0.0840. The Labute approximate surface area is 145 Å². The molecule has 0 bridgehead atoms. The molecule has 2 aromatic carbocycles. The number of nitrogens with one attached hydrogen (secondary N) is 2. The van der Waals surface area contributed by atoms with Crippen molar-refractivity contribution in [3.63, 3.8) is 0 Å². The molecule has 0 saturated heterocycles. The van der Waals surface area contributed by atoms with E-state index in [1.165, 1.54) is 0 Å². The van der Waals surface area contributed by atoms with Crippen LogP contribution in [0.2, 0.25) is 0 Å². The first-order chi connectivity index (χ1) is 12.3. The van der Waals surface area contributed by atoms with E-state index in [0.717, 1.165) is 40.5 Å². The number of hydrogen-bond acceptors (Lipinski definition) is 2. The Morgan fingerprint density at radius 2 is 2.00 bits per heavy atom. The van der Waals surface area contributed by atoms with Crippen molar-refractivity contribution in [1.82, 2.24) is 20.1 Å². The van der Waals surface area contributed by atoms with E-state index in [4.69, 9.17) is 5.10 Å². The standard InChI is InChI=1S/C20H20N4O/c1-2-12-24-19-9-4-3-6-16(19)18(23-24)13-22-20(25)15-7-5-8-17-14(15)10-11-21-17/h3-11,21H,2,12-13H2,1H3,(H,22,25). The van der Waals surface area contributed by atoms with Gasteiger partial charge >= 0.3 is 0 Å². The molecular weight excluding hydrogens is 312 g/mol. The fourth-order valence-electron chi connectivity index (χ4n) is 3.25. The van der Waals surface area contributed by atoms with Crippen LogP contribution in [0.3, 0.4) is 0 Å². The van der Waals surface area contributed by atoms with Gasteiger partial charge in [-0.25, -0.2) is 0 Å². The highest BCUT2D eigenvalue weighted by Gasteiger charge is 2.13. The molecule has 2 heterocycles. The first kappa shape index (κ1) is 15.4. The van der Waals surface area contributed by atoms with Gasteiger partial charge in [0.2, 0.25) is 0 Å². The SMILES string of the molecule is CCCn1nc(CNC(=O)c2cccc3[nH]ccc23)c2ccccc21. The summed E-state index contributed by atoms with van der Waals surface area (Å²) in [5.41, 5.74) is 3.65. The summed E-state index contributed by atoms with van der Waals surface area (Å²) < 4.78 is 2.02.